The minimum atomic E-state index is -1.21. The second-order valence-electron chi connectivity index (χ2n) is 3.46. The molecule has 0 amide bonds. The zero-order chi connectivity index (χ0) is 12.8. The van der Waals surface area contributed by atoms with Crippen molar-refractivity contribution in [3.05, 3.63) is 44.5 Å². The number of aliphatic hydroxyl groups is 2. The molecule has 0 bridgehead atoms. The van der Waals surface area contributed by atoms with Gasteiger partial charge in [-0.1, -0.05) is 21.0 Å². The predicted octanol–water partition coefficient (Wildman–Crippen LogP) is 2.68. The molecule has 0 radical (unpaired) electrons. The normalized spacial score (nSPS) is 13.9. The van der Waals surface area contributed by atoms with Crippen LogP contribution in [0.2, 0.25) is 0 Å². The molecule has 0 saturated heterocycles. The van der Waals surface area contributed by atoms with Crippen LogP contribution in [-0.2, 0) is 0 Å². The van der Waals surface area contributed by atoms with E-state index in [1.54, 1.807) is 0 Å². The van der Waals surface area contributed by atoms with Crippen molar-refractivity contribution in [2.75, 3.05) is 6.54 Å². The first-order chi connectivity index (χ1) is 8.04. The zero-order valence-electron chi connectivity index (χ0n) is 8.79. The molecule has 0 spiro atoms. The third-order valence-corrected chi connectivity index (χ3v) is 2.64. The molecule has 2 unspecified atom stereocenters. The number of azide groups is 1. The van der Waals surface area contributed by atoms with E-state index < -0.39 is 18.0 Å². The van der Waals surface area contributed by atoms with E-state index in [4.69, 9.17) is 5.53 Å². The monoisotopic (exact) mass is 303 g/mol. The van der Waals surface area contributed by atoms with Gasteiger partial charge >= 0.3 is 0 Å². The highest BCUT2D eigenvalue weighted by Crippen LogP contribution is 2.23. The highest BCUT2D eigenvalue weighted by atomic mass is 79.9. The lowest BCUT2D eigenvalue weighted by Gasteiger charge is -2.17. The molecule has 2 N–H and O–H groups in total. The number of hydrogen-bond acceptors (Lipinski definition) is 3. The summed E-state index contributed by atoms with van der Waals surface area (Å²) in [5.41, 5.74) is 8.33. The Morgan fingerprint density at radius 3 is 2.71 bits per heavy atom. The third-order valence-electron chi connectivity index (χ3n) is 2.18. The van der Waals surface area contributed by atoms with Crippen molar-refractivity contribution in [1.29, 1.82) is 0 Å². The Kier molecular flexibility index (Phi) is 5.37. The van der Waals surface area contributed by atoms with Crippen molar-refractivity contribution in [2.24, 2.45) is 5.11 Å². The maximum atomic E-state index is 13.1. The minimum absolute atomic E-state index is 0.0746. The van der Waals surface area contributed by atoms with E-state index in [9.17, 15) is 14.6 Å². The molecule has 0 aliphatic carbocycles. The molecule has 1 aromatic rings. The van der Waals surface area contributed by atoms with Crippen molar-refractivity contribution < 1.29 is 14.6 Å². The van der Waals surface area contributed by atoms with E-state index in [1.807, 2.05) is 0 Å². The Labute approximate surface area is 106 Å². The predicted molar refractivity (Wildman–Crippen MR) is 63.7 cm³/mol. The molecule has 0 fully saturated rings. The molecule has 5 nitrogen and oxygen atoms in total. The van der Waals surface area contributed by atoms with Gasteiger partial charge < -0.3 is 10.2 Å². The summed E-state index contributed by atoms with van der Waals surface area (Å²) in [5, 5.41) is 22.6. The van der Waals surface area contributed by atoms with Crippen LogP contribution in [0.15, 0.2) is 27.8 Å². The Balaban J connectivity index is 2.73. The van der Waals surface area contributed by atoms with Crippen molar-refractivity contribution in [3.63, 3.8) is 0 Å². The van der Waals surface area contributed by atoms with Crippen LogP contribution >= 0.6 is 15.9 Å². The third kappa shape index (κ3) is 4.32. The van der Waals surface area contributed by atoms with E-state index in [1.165, 1.54) is 12.1 Å². The smallest absolute Gasteiger partial charge is 0.124 e. The Bertz CT molecular complexity index is 417. The van der Waals surface area contributed by atoms with Crippen molar-refractivity contribution in [2.45, 2.75) is 18.6 Å². The van der Waals surface area contributed by atoms with Gasteiger partial charge in [0.2, 0.25) is 0 Å². The van der Waals surface area contributed by atoms with Crippen LogP contribution < -0.4 is 0 Å². The number of benzene rings is 1. The zero-order valence-corrected chi connectivity index (χ0v) is 10.4. The van der Waals surface area contributed by atoms with Gasteiger partial charge in [0.05, 0.1) is 6.10 Å². The summed E-state index contributed by atoms with van der Waals surface area (Å²) in [7, 11) is 0. The molecule has 0 aromatic heterocycles. The second-order valence-corrected chi connectivity index (χ2v) is 4.37. The van der Waals surface area contributed by atoms with Gasteiger partial charge in [-0.2, -0.15) is 0 Å². The lowest BCUT2D eigenvalue weighted by atomic mass is 10.0. The van der Waals surface area contributed by atoms with E-state index in [-0.39, 0.29) is 18.5 Å². The highest BCUT2D eigenvalue weighted by Gasteiger charge is 2.18. The lowest BCUT2D eigenvalue weighted by molar-refractivity contribution is 0.0148. The summed E-state index contributed by atoms with van der Waals surface area (Å²) in [6, 6.07) is 3.92. The Hall–Kier alpha value is -1.14. The maximum Gasteiger partial charge on any atom is 0.124 e. The molecule has 1 rings (SSSR count). The van der Waals surface area contributed by atoms with Crippen molar-refractivity contribution in [1.82, 2.24) is 0 Å². The number of aliphatic hydroxyl groups excluding tert-OH is 2. The molecule has 0 heterocycles. The standard InChI is InChI=1S/C10H11BrFN3O2/c11-7-3-6(4-8(12)5-7)10(17)9(16)1-2-14-15-13/h3-5,9-10,16-17H,1-2H2. The average Bonchev–Trinajstić information content (AvgIpc) is 2.27. The van der Waals surface area contributed by atoms with Crippen LogP contribution in [0.4, 0.5) is 4.39 Å². The molecule has 0 aliphatic heterocycles. The van der Waals surface area contributed by atoms with Crippen LogP contribution in [0, 0.1) is 5.82 Å². The molecule has 0 aliphatic rings. The summed E-state index contributed by atoms with van der Waals surface area (Å²) in [5.74, 6) is -0.504. The van der Waals surface area contributed by atoms with Crippen molar-refractivity contribution >= 4 is 15.9 Å². The number of nitrogens with zero attached hydrogens (tertiary/aromatic N) is 3. The first kappa shape index (κ1) is 13.9. The van der Waals surface area contributed by atoms with Gasteiger partial charge in [-0.3, -0.25) is 0 Å². The summed E-state index contributed by atoms with van der Waals surface area (Å²) in [4.78, 5) is 2.53. The second kappa shape index (κ2) is 6.56. The van der Waals surface area contributed by atoms with Crippen LogP contribution in [0.5, 0.6) is 0 Å². The fraction of sp³-hybridized carbons (Fsp3) is 0.400. The van der Waals surface area contributed by atoms with Crippen LogP contribution in [-0.4, -0.2) is 22.9 Å². The summed E-state index contributed by atoms with van der Waals surface area (Å²) in [6.07, 6.45) is -2.20. The molecule has 17 heavy (non-hydrogen) atoms. The van der Waals surface area contributed by atoms with E-state index in [2.05, 4.69) is 26.0 Å². The van der Waals surface area contributed by atoms with Crippen LogP contribution in [0.3, 0.4) is 0 Å². The molecule has 2 atom stereocenters. The molecular weight excluding hydrogens is 293 g/mol. The van der Waals surface area contributed by atoms with Gasteiger partial charge in [-0.25, -0.2) is 4.39 Å². The van der Waals surface area contributed by atoms with Gasteiger partial charge in [-0.15, -0.1) is 0 Å². The van der Waals surface area contributed by atoms with E-state index in [0.29, 0.717) is 4.47 Å². The molecular formula is C10H11BrFN3O2. The highest BCUT2D eigenvalue weighted by molar-refractivity contribution is 9.10. The van der Waals surface area contributed by atoms with Crippen LogP contribution in [0.25, 0.3) is 10.4 Å². The topological polar surface area (TPSA) is 89.2 Å². The SMILES string of the molecule is [N-]=[N+]=NCCC(O)C(O)c1cc(F)cc(Br)c1. The number of halogens is 2. The molecule has 1 aromatic carbocycles. The Morgan fingerprint density at radius 1 is 1.41 bits per heavy atom. The van der Waals surface area contributed by atoms with Gasteiger partial charge in [0, 0.05) is 15.9 Å². The lowest BCUT2D eigenvalue weighted by Crippen LogP contribution is -2.19. The molecule has 92 valence electrons. The minimum Gasteiger partial charge on any atom is -0.390 e. The average molecular weight is 304 g/mol. The van der Waals surface area contributed by atoms with Crippen LogP contribution in [0.1, 0.15) is 18.1 Å². The van der Waals surface area contributed by atoms with E-state index in [0.717, 1.165) is 6.07 Å². The van der Waals surface area contributed by atoms with E-state index >= 15 is 0 Å². The fourth-order valence-electron chi connectivity index (χ4n) is 1.36. The van der Waals surface area contributed by atoms with Crippen molar-refractivity contribution in [3.8, 4) is 0 Å². The van der Waals surface area contributed by atoms with Gasteiger partial charge in [-0.05, 0) is 35.7 Å². The first-order valence-electron chi connectivity index (χ1n) is 4.87. The van der Waals surface area contributed by atoms with Gasteiger partial charge in [0.15, 0.2) is 0 Å². The first-order valence-corrected chi connectivity index (χ1v) is 5.67. The Morgan fingerprint density at radius 2 is 2.12 bits per heavy atom. The molecule has 0 saturated carbocycles. The van der Waals surface area contributed by atoms with Gasteiger partial charge in [0.25, 0.3) is 0 Å². The summed E-state index contributed by atoms with van der Waals surface area (Å²) >= 11 is 3.09. The largest absolute Gasteiger partial charge is 0.390 e. The molecule has 7 heteroatoms. The maximum absolute atomic E-state index is 13.1. The number of hydrogen-bond donors (Lipinski definition) is 2. The fourth-order valence-corrected chi connectivity index (χ4v) is 1.84. The quantitative estimate of drug-likeness (QED) is 0.497. The summed E-state index contributed by atoms with van der Waals surface area (Å²) in [6.45, 7) is 0.0746. The summed E-state index contributed by atoms with van der Waals surface area (Å²) < 4.78 is 13.5. The number of rotatable bonds is 5. The van der Waals surface area contributed by atoms with Gasteiger partial charge in [0.1, 0.15) is 11.9 Å².